The lowest BCUT2D eigenvalue weighted by molar-refractivity contribution is 0.176. The number of benzene rings is 1. The van der Waals surface area contributed by atoms with Gasteiger partial charge in [-0.25, -0.2) is 0 Å². The van der Waals surface area contributed by atoms with Crippen LogP contribution in [0, 0.1) is 5.92 Å². The maximum Gasteiger partial charge on any atom is 0.119 e. The standard InChI is InChI=1S/C17H26N2O/c1-13(2)17-12-18-10-4-5-15(18)11-19(17)14-6-8-16(20-3)9-7-14/h6-9,13,15,17H,4-5,10-12H2,1-3H3. The largest absolute Gasteiger partial charge is 0.497 e. The van der Waals surface area contributed by atoms with Crippen molar-refractivity contribution < 1.29 is 4.74 Å². The number of piperazine rings is 1. The van der Waals surface area contributed by atoms with Gasteiger partial charge in [0.2, 0.25) is 0 Å². The topological polar surface area (TPSA) is 15.7 Å². The summed E-state index contributed by atoms with van der Waals surface area (Å²) in [5.74, 6) is 1.62. The van der Waals surface area contributed by atoms with Gasteiger partial charge in [-0.05, 0) is 49.6 Å². The van der Waals surface area contributed by atoms with Crippen LogP contribution in [0.25, 0.3) is 0 Å². The highest BCUT2D eigenvalue weighted by molar-refractivity contribution is 5.51. The van der Waals surface area contributed by atoms with Gasteiger partial charge < -0.3 is 9.64 Å². The van der Waals surface area contributed by atoms with Crippen LogP contribution in [0.5, 0.6) is 5.75 Å². The van der Waals surface area contributed by atoms with Crippen LogP contribution in [-0.2, 0) is 0 Å². The van der Waals surface area contributed by atoms with Gasteiger partial charge in [0.15, 0.2) is 0 Å². The molecule has 0 saturated carbocycles. The fourth-order valence-electron chi connectivity index (χ4n) is 3.68. The quantitative estimate of drug-likeness (QED) is 0.842. The summed E-state index contributed by atoms with van der Waals surface area (Å²) in [5, 5.41) is 0. The molecule has 2 fully saturated rings. The molecule has 2 atom stereocenters. The van der Waals surface area contributed by atoms with Crippen LogP contribution in [0.2, 0.25) is 0 Å². The molecule has 0 bridgehead atoms. The highest BCUT2D eigenvalue weighted by atomic mass is 16.5. The number of hydrogen-bond acceptors (Lipinski definition) is 3. The molecular weight excluding hydrogens is 248 g/mol. The van der Waals surface area contributed by atoms with Crippen molar-refractivity contribution in [3.05, 3.63) is 24.3 Å². The normalized spacial score (nSPS) is 26.9. The summed E-state index contributed by atoms with van der Waals surface area (Å²) in [6, 6.07) is 9.95. The SMILES string of the molecule is COc1ccc(N2CC3CCCN3CC2C(C)C)cc1. The van der Waals surface area contributed by atoms with E-state index < -0.39 is 0 Å². The first kappa shape index (κ1) is 13.7. The number of ether oxygens (including phenoxy) is 1. The molecule has 3 nitrogen and oxygen atoms in total. The molecule has 0 aliphatic carbocycles. The zero-order chi connectivity index (χ0) is 14.1. The Bertz CT molecular complexity index is 443. The van der Waals surface area contributed by atoms with Crippen molar-refractivity contribution >= 4 is 5.69 Å². The van der Waals surface area contributed by atoms with Crippen molar-refractivity contribution in [1.29, 1.82) is 0 Å². The van der Waals surface area contributed by atoms with Gasteiger partial charge in [-0.1, -0.05) is 13.8 Å². The van der Waals surface area contributed by atoms with Gasteiger partial charge in [0.25, 0.3) is 0 Å². The number of fused-ring (bicyclic) bond motifs is 1. The molecule has 1 aromatic carbocycles. The third-order valence-corrected chi connectivity index (χ3v) is 4.90. The zero-order valence-electron chi connectivity index (χ0n) is 12.9. The molecule has 2 aliphatic rings. The van der Waals surface area contributed by atoms with E-state index in [1.807, 2.05) is 0 Å². The average Bonchev–Trinajstić information content (AvgIpc) is 2.93. The Morgan fingerprint density at radius 2 is 1.90 bits per heavy atom. The average molecular weight is 274 g/mol. The van der Waals surface area contributed by atoms with E-state index in [2.05, 4.69) is 47.9 Å². The van der Waals surface area contributed by atoms with Crippen LogP contribution in [0.15, 0.2) is 24.3 Å². The predicted molar refractivity (Wildman–Crippen MR) is 83.6 cm³/mol. The zero-order valence-corrected chi connectivity index (χ0v) is 12.9. The summed E-state index contributed by atoms with van der Waals surface area (Å²) < 4.78 is 5.27. The highest BCUT2D eigenvalue weighted by Crippen LogP contribution is 2.32. The molecular formula is C17H26N2O. The summed E-state index contributed by atoms with van der Waals surface area (Å²) in [6.07, 6.45) is 2.73. The Hall–Kier alpha value is -1.22. The summed E-state index contributed by atoms with van der Waals surface area (Å²) in [4.78, 5) is 5.32. The Kier molecular flexibility index (Phi) is 3.88. The third-order valence-electron chi connectivity index (χ3n) is 4.90. The van der Waals surface area contributed by atoms with Crippen molar-refractivity contribution in [2.75, 3.05) is 31.6 Å². The van der Waals surface area contributed by atoms with Gasteiger partial charge in [0, 0.05) is 30.9 Å². The van der Waals surface area contributed by atoms with Crippen molar-refractivity contribution in [1.82, 2.24) is 4.90 Å². The minimum atomic E-state index is 0.623. The molecule has 0 N–H and O–H groups in total. The minimum absolute atomic E-state index is 0.623. The lowest BCUT2D eigenvalue weighted by atomic mass is 9.96. The number of methoxy groups -OCH3 is 1. The molecule has 2 unspecified atom stereocenters. The van der Waals surface area contributed by atoms with E-state index in [9.17, 15) is 0 Å². The maximum atomic E-state index is 5.27. The highest BCUT2D eigenvalue weighted by Gasteiger charge is 2.37. The second-order valence-corrected chi connectivity index (χ2v) is 6.45. The van der Waals surface area contributed by atoms with Crippen molar-refractivity contribution in [2.24, 2.45) is 5.92 Å². The molecule has 2 aliphatic heterocycles. The lowest BCUT2D eigenvalue weighted by Gasteiger charge is -2.46. The Morgan fingerprint density at radius 1 is 1.15 bits per heavy atom. The molecule has 2 heterocycles. The molecule has 3 rings (SSSR count). The summed E-state index contributed by atoms with van der Waals surface area (Å²) in [7, 11) is 1.73. The number of hydrogen-bond donors (Lipinski definition) is 0. The molecule has 110 valence electrons. The predicted octanol–water partition coefficient (Wildman–Crippen LogP) is 3.00. The third kappa shape index (κ3) is 2.51. The molecule has 20 heavy (non-hydrogen) atoms. The first-order valence-corrected chi connectivity index (χ1v) is 7.84. The van der Waals surface area contributed by atoms with Crippen molar-refractivity contribution in [3.8, 4) is 5.75 Å². The van der Waals surface area contributed by atoms with E-state index in [4.69, 9.17) is 4.74 Å². The van der Waals surface area contributed by atoms with E-state index in [0.29, 0.717) is 12.0 Å². The summed E-state index contributed by atoms with van der Waals surface area (Å²) in [5.41, 5.74) is 1.34. The van der Waals surface area contributed by atoms with Gasteiger partial charge in [0.05, 0.1) is 7.11 Å². The van der Waals surface area contributed by atoms with Crippen LogP contribution in [0.3, 0.4) is 0 Å². The van der Waals surface area contributed by atoms with Gasteiger partial charge in [-0.15, -0.1) is 0 Å². The summed E-state index contributed by atoms with van der Waals surface area (Å²) in [6.45, 7) is 8.38. The molecule has 0 amide bonds. The van der Waals surface area contributed by atoms with Crippen LogP contribution in [0.1, 0.15) is 26.7 Å². The molecule has 0 spiro atoms. The maximum absolute atomic E-state index is 5.27. The monoisotopic (exact) mass is 274 g/mol. The molecule has 3 heteroatoms. The van der Waals surface area contributed by atoms with Crippen LogP contribution < -0.4 is 9.64 Å². The fraction of sp³-hybridized carbons (Fsp3) is 0.647. The smallest absolute Gasteiger partial charge is 0.119 e. The molecule has 2 saturated heterocycles. The Balaban J connectivity index is 1.83. The molecule has 0 radical (unpaired) electrons. The molecule has 1 aromatic rings. The van der Waals surface area contributed by atoms with Crippen LogP contribution >= 0.6 is 0 Å². The number of nitrogens with zero attached hydrogens (tertiary/aromatic N) is 2. The summed E-state index contributed by atoms with van der Waals surface area (Å²) >= 11 is 0. The first-order valence-electron chi connectivity index (χ1n) is 7.84. The second-order valence-electron chi connectivity index (χ2n) is 6.45. The van der Waals surface area contributed by atoms with E-state index in [1.54, 1.807) is 7.11 Å². The van der Waals surface area contributed by atoms with Gasteiger partial charge in [-0.3, -0.25) is 4.90 Å². The number of rotatable bonds is 3. The number of anilines is 1. The van der Waals surface area contributed by atoms with Gasteiger partial charge >= 0.3 is 0 Å². The van der Waals surface area contributed by atoms with E-state index >= 15 is 0 Å². The lowest BCUT2D eigenvalue weighted by Crippen LogP contribution is -2.58. The van der Waals surface area contributed by atoms with E-state index in [0.717, 1.165) is 11.8 Å². The minimum Gasteiger partial charge on any atom is -0.497 e. The van der Waals surface area contributed by atoms with E-state index in [-0.39, 0.29) is 0 Å². The first-order chi connectivity index (χ1) is 9.69. The van der Waals surface area contributed by atoms with Crippen LogP contribution in [-0.4, -0.2) is 43.7 Å². The van der Waals surface area contributed by atoms with Gasteiger partial charge in [0.1, 0.15) is 5.75 Å². The van der Waals surface area contributed by atoms with Gasteiger partial charge in [-0.2, -0.15) is 0 Å². The Labute approximate surface area is 122 Å². The van der Waals surface area contributed by atoms with E-state index in [1.165, 1.54) is 38.2 Å². The Morgan fingerprint density at radius 3 is 2.55 bits per heavy atom. The van der Waals surface area contributed by atoms with Crippen molar-refractivity contribution in [3.63, 3.8) is 0 Å². The second kappa shape index (κ2) is 5.65. The van der Waals surface area contributed by atoms with Crippen LogP contribution in [0.4, 0.5) is 5.69 Å². The molecule has 0 aromatic heterocycles. The fourth-order valence-corrected chi connectivity index (χ4v) is 3.68. The van der Waals surface area contributed by atoms with Crippen molar-refractivity contribution in [2.45, 2.75) is 38.8 Å².